The highest BCUT2D eigenvalue weighted by Crippen LogP contribution is 2.12. The van der Waals surface area contributed by atoms with Gasteiger partial charge in [0.05, 0.1) is 17.3 Å². The first-order valence-electron chi connectivity index (χ1n) is 5.93. The molecule has 0 saturated heterocycles. The average Bonchev–Trinajstić information content (AvgIpc) is 2.33. The molecule has 0 aliphatic heterocycles. The van der Waals surface area contributed by atoms with Gasteiger partial charge in [0, 0.05) is 12.7 Å². The fraction of sp³-hybridized carbons (Fsp3) is 0.417. The summed E-state index contributed by atoms with van der Waals surface area (Å²) < 4.78 is 0. The van der Waals surface area contributed by atoms with E-state index in [-0.39, 0.29) is 5.11 Å². The highest BCUT2D eigenvalue weighted by molar-refractivity contribution is 7.80. The second-order valence-corrected chi connectivity index (χ2v) is 5.21. The fourth-order valence-corrected chi connectivity index (χ4v) is 1.52. The van der Waals surface area contributed by atoms with E-state index in [0.717, 1.165) is 6.54 Å². The molecule has 104 valence electrons. The van der Waals surface area contributed by atoms with E-state index in [1.165, 1.54) is 0 Å². The maximum Gasteiger partial charge on any atom is 0.197 e. The standard InChI is InChI=1S/C12H18ClN5S/c1-8(2)6-16-12(18-11(14)19)17-7-10-9(13)4-3-5-15-10/h3-5,8H,6-7H2,1-2H3,(H4,14,16,17,18,19). The first-order valence-corrected chi connectivity index (χ1v) is 6.72. The van der Waals surface area contributed by atoms with Crippen LogP contribution in [0, 0.1) is 5.92 Å². The number of nitrogens with two attached hydrogens (primary N) is 1. The molecule has 5 nitrogen and oxygen atoms in total. The summed E-state index contributed by atoms with van der Waals surface area (Å²) in [5.74, 6) is 1.01. The van der Waals surface area contributed by atoms with E-state index in [2.05, 4.69) is 34.5 Å². The molecule has 0 aromatic carbocycles. The number of thiocarbonyl (C=S) groups is 1. The number of aliphatic imine (C=N–C) groups is 1. The predicted octanol–water partition coefficient (Wildman–Crippen LogP) is 1.67. The van der Waals surface area contributed by atoms with E-state index in [1.54, 1.807) is 18.3 Å². The number of aromatic nitrogens is 1. The van der Waals surface area contributed by atoms with Crippen LogP contribution in [0.25, 0.3) is 0 Å². The van der Waals surface area contributed by atoms with Gasteiger partial charge in [-0.15, -0.1) is 0 Å². The number of guanidine groups is 1. The number of rotatable bonds is 4. The van der Waals surface area contributed by atoms with E-state index < -0.39 is 0 Å². The lowest BCUT2D eigenvalue weighted by Gasteiger charge is -2.13. The van der Waals surface area contributed by atoms with Gasteiger partial charge in [-0.1, -0.05) is 25.4 Å². The first kappa shape index (κ1) is 15.7. The summed E-state index contributed by atoms with van der Waals surface area (Å²) in [6, 6.07) is 3.56. The van der Waals surface area contributed by atoms with Gasteiger partial charge in [0.15, 0.2) is 11.1 Å². The van der Waals surface area contributed by atoms with Crippen molar-refractivity contribution in [3.05, 3.63) is 29.0 Å². The van der Waals surface area contributed by atoms with Gasteiger partial charge >= 0.3 is 0 Å². The molecule has 19 heavy (non-hydrogen) atoms. The van der Waals surface area contributed by atoms with Gasteiger partial charge in [0.1, 0.15) is 0 Å². The Balaban J connectivity index is 2.70. The fourth-order valence-electron chi connectivity index (χ4n) is 1.25. The van der Waals surface area contributed by atoms with Crippen molar-refractivity contribution in [1.82, 2.24) is 15.6 Å². The van der Waals surface area contributed by atoms with E-state index >= 15 is 0 Å². The van der Waals surface area contributed by atoms with Gasteiger partial charge in [-0.05, 0) is 30.3 Å². The van der Waals surface area contributed by atoms with Crippen molar-refractivity contribution in [3.8, 4) is 0 Å². The summed E-state index contributed by atoms with van der Waals surface area (Å²) in [6.07, 6.45) is 1.68. The number of halogens is 1. The van der Waals surface area contributed by atoms with Crippen LogP contribution in [-0.4, -0.2) is 22.6 Å². The lowest BCUT2D eigenvalue weighted by molar-refractivity contribution is 0.619. The second kappa shape index (κ2) is 7.91. The third-order valence-electron chi connectivity index (χ3n) is 2.14. The Labute approximate surface area is 123 Å². The van der Waals surface area contributed by atoms with Crippen molar-refractivity contribution < 1.29 is 0 Å². The summed E-state index contributed by atoms with van der Waals surface area (Å²) in [7, 11) is 0. The number of nitrogens with zero attached hydrogens (tertiary/aromatic N) is 2. The molecule has 1 aromatic rings. The predicted molar refractivity (Wildman–Crippen MR) is 83.1 cm³/mol. The number of nitrogens with one attached hydrogen (secondary N) is 2. The Morgan fingerprint density at radius 3 is 2.89 bits per heavy atom. The molecule has 4 N–H and O–H groups in total. The summed E-state index contributed by atoms with van der Waals surface area (Å²) in [5, 5.41) is 6.70. The van der Waals surface area contributed by atoms with Crippen molar-refractivity contribution >= 4 is 34.9 Å². The van der Waals surface area contributed by atoms with Gasteiger partial charge < -0.3 is 16.4 Å². The topological polar surface area (TPSA) is 75.3 Å². The van der Waals surface area contributed by atoms with E-state index in [4.69, 9.17) is 29.6 Å². The lowest BCUT2D eigenvalue weighted by Crippen LogP contribution is -2.44. The minimum absolute atomic E-state index is 0.169. The number of hydrogen-bond acceptors (Lipinski definition) is 3. The van der Waals surface area contributed by atoms with Crippen LogP contribution < -0.4 is 16.4 Å². The van der Waals surface area contributed by atoms with Gasteiger partial charge in [0.25, 0.3) is 0 Å². The highest BCUT2D eigenvalue weighted by atomic mass is 35.5. The number of hydrogen-bond donors (Lipinski definition) is 3. The van der Waals surface area contributed by atoms with Crippen molar-refractivity contribution in [2.45, 2.75) is 20.4 Å². The summed E-state index contributed by atoms with van der Waals surface area (Å²) in [5.41, 5.74) is 6.16. The molecule has 0 spiro atoms. The van der Waals surface area contributed by atoms with E-state index in [1.807, 2.05) is 0 Å². The van der Waals surface area contributed by atoms with Crippen LogP contribution in [0.3, 0.4) is 0 Å². The van der Waals surface area contributed by atoms with Crippen molar-refractivity contribution in [1.29, 1.82) is 0 Å². The van der Waals surface area contributed by atoms with Gasteiger partial charge in [-0.25, -0.2) is 4.99 Å². The smallest absolute Gasteiger partial charge is 0.197 e. The third kappa shape index (κ3) is 6.35. The SMILES string of the molecule is CC(C)CNC(=NCc1ncccc1Cl)NC(N)=S. The molecule has 1 rings (SSSR count). The lowest BCUT2D eigenvalue weighted by atomic mass is 10.2. The molecule has 0 atom stereocenters. The van der Waals surface area contributed by atoms with Crippen molar-refractivity contribution in [3.63, 3.8) is 0 Å². The molecule has 0 bridgehead atoms. The first-order chi connectivity index (χ1) is 8.99. The Morgan fingerprint density at radius 1 is 1.58 bits per heavy atom. The van der Waals surface area contributed by atoms with Gasteiger partial charge in [0.2, 0.25) is 0 Å². The molecule has 0 fully saturated rings. The van der Waals surface area contributed by atoms with Crippen molar-refractivity contribution in [2.75, 3.05) is 6.54 Å². The highest BCUT2D eigenvalue weighted by Gasteiger charge is 2.03. The van der Waals surface area contributed by atoms with Crippen LogP contribution in [0.4, 0.5) is 0 Å². The Kier molecular flexibility index (Phi) is 6.52. The quantitative estimate of drug-likeness (QED) is 0.448. The molecule has 0 saturated carbocycles. The molecular weight excluding hydrogens is 282 g/mol. The van der Waals surface area contributed by atoms with E-state index in [9.17, 15) is 0 Å². The van der Waals surface area contributed by atoms with Crippen LogP contribution in [-0.2, 0) is 6.54 Å². The zero-order valence-corrected chi connectivity index (χ0v) is 12.6. The maximum atomic E-state index is 6.02. The molecule has 0 unspecified atom stereocenters. The molecule has 7 heteroatoms. The minimum Gasteiger partial charge on any atom is -0.376 e. The molecule has 0 aliphatic rings. The molecular formula is C12H18ClN5S. The monoisotopic (exact) mass is 299 g/mol. The summed E-state index contributed by atoms with van der Waals surface area (Å²) in [6.45, 7) is 5.32. The Morgan fingerprint density at radius 2 is 2.32 bits per heavy atom. The summed E-state index contributed by atoms with van der Waals surface area (Å²) in [4.78, 5) is 8.51. The molecule has 0 aliphatic carbocycles. The molecule has 0 amide bonds. The number of pyridine rings is 1. The zero-order chi connectivity index (χ0) is 14.3. The van der Waals surface area contributed by atoms with Crippen LogP contribution in [0.5, 0.6) is 0 Å². The Hall–Kier alpha value is -1.40. The molecule has 0 radical (unpaired) electrons. The largest absolute Gasteiger partial charge is 0.376 e. The van der Waals surface area contributed by atoms with Gasteiger partial charge in [-0.3, -0.25) is 4.98 Å². The van der Waals surface area contributed by atoms with Crippen LogP contribution >= 0.6 is 23.8 Å². The van der Waals surface area contributed by atoms with Gasteiger partial charge in [-0.2, -0.15) is 0 Å². The molecule has 1 aromatic heterocycles. The maximum absolute atomic E-state index is 6.02. The molecule has 1 heterocycles. The van der Waals surface area contributed by atoms with Crippen LogP contribution in [0.2, 0.25) is 5.02 Å². The van der Waals surface area contributed by atoms with Crippen molar-refractivity contribution in [2.24, 2.45) is 16.6 Å². The summed E-state index contributed by atoms with van der Waals surface area (Å²) >= 11 is 10.8. The minimum atomic E-state index is 0.169. The van der Waals surface area contributed by atoms with E-state index in [0.29, 0.717) is 29.1 Å². The normalized spacial score (nSPS) is 11.5. The van der Waals surface area contributed by atoms with Crippen LogP contribution in [0.1, 0.15) is 19.5 Å². The Bertz CT molecular complexity index is 461. The van der Waals surface area contributed by atoms with Crippen LogP contribution in [0.15, 0.2) is 23.3 Å². The third-order valence-corrected chi connectivity index (χ3v) is 2.59. The second-order valence-electron chi connectivity index (χ2n) is 4.36. The zero-order valence-electron chi connectivity index (χ0n) is 11.0. The average molecular weight is 300 g/mol.